The Hall–Kier alpha value is -2.70. The summed E-state index contributed by atoms with van der Waals surface area (Å²) < 4.78 is 10.7. The topological polar surface area (TPSA) is 68.3 Å². The van der Waals surface area contributed by atoms with E-state index in [9.17, 15) is 0 Å². The number of ether oxygens (including phenoxy) is 2. The molecule has 0 saturated heterocycles. The van der Waals surface area contributed by atoms with Crippen LogP contribution in [0.15, 0.2) is 42.5 Å². The van der Waals surface area contributed by atoms with Gasteiger partial charge in [-0.25, -0.2) is 4.98 Å². The van der Waals surface area contributed by atoms with Gasteiger partial charge >= 0.3 is 0 Å². The fraction of sp³-hybridized carbons (Fsp3) is 0.111. The number of hydrogen-bond donors (Lipinski definition) is 2. The Morgan fingerprint density at radius 1 is 0.923 bits per heavy atom. The van der Waals surface area contributed by atoms with E-state index in [1.165, 1.54) is 0 Å². The van der Waals surface area contributed by atoms with Crippen molar-refractivity contribution in [3.8, 4) is 11.5 Å². The van der Waals surface area contributed by atoms with E-state index in [0.717, 1.165) is 17.1 Å². The Balaban J connectivity index is 1.58. The van der Waals surface area contributed by atoms with Gasteiger partial charge in [-0.3, -0.25) is 0 Å². The van der Waals surface area contributed by atoms with E-state index in [0.29, 0.717) is 33.2 Å². The molecule has 1 aromatic heterocycles. The van der Waals surface area contributed by atoms with E-state index in [2.05, 4.69) is 20.6 Å². The molecular formula is C18H14Cl2N4O2. The second kappa shape index (κ2) is 6.90. The van der Waals surface area contributed by atoms with Gasteiger partial charge in [-0.15, -0.1) is 0 Å². The van der Waals surface area contributed by atoms with Crippen molar-refractivity contribution in [2.75, 3.05) is 17.4 Å². The van der Waals surface area contributed by atoms with E-state index in [4.69, 9.17) is 32.7 Å². The monoisotopic (exact) mass is 388 g/mol. The van der Waals surface area contributed by atoms with Gasteiger partial charge in [0.25, 0.3) is 0 Å². The second-order valence-corrected chi connectivity index (χ2v) is 6.50. The largest absolute Gasteiger partial charge is 0.454 e. The molecule has 0 radical (unpaired) electrons. The van der Waals surface area contributed by atoms with Gasteiger partial charge in [0, 0.05) is 28.5 Å². The summed E-state index contributed by atoms with van der Waals surface area (Å²) in [5.74, 6) is 2.48. The number of anilines is 4. The lowest BCUT2D eigenvalue weighted by molar-refractivity contribution is 0.174. The Kier molecular flexibility index (Phi) is 4.44. The molecule has 0 unspecified atom stereocenters. The predicted molar refractivity (Wildman–Crippen MR) is 102 cm³/mol. The molecule has 0 aliphatic carbocycles. The standard InChI is InChI=1S/C18H14Cl2N4O2/c1-10-6-17(23-14-4-2-11(19)7-13(14)20)24-18(21-10)22-12-3-5-15-16(8-12)26-9-25-15/h2-8H,9H2,1H3,(H2,21,22,23,24). The number of benzene rings is 2. The maximum absolute atomic E-state index is 6.21. The fourth-order valence-corrected chi connectivity index (χ4v) is 2.98. The van der Waals surface area contributed by atoms with Crippen LogP contribution in [-0.2, 0) is 0 Å². The Bertz CT molecular complexity index is 981. The summed E-state index contributed by atoms with van der Waals surface area (Å²) in [6.45, 7) is 2.12. The lowest BCUT2D eigenvalue weighted by Crippen LogP contribution is -2.02. The highest BCUT2D eigenvalue weighted by Crippen LogP contribution is 2.35. The van der Waals surface area contributed by atoms with E-state index < -0.39 is 0 Å². The summed E-state index contributed by atoms with van der Waals surface area (Å²) in [5.41, 5.74) is 2.31. The molecule has 1 aliphatic rings. The van der Waals surface area contributed by atoms with Gasteiger partial charge in [-0.05, 0) is 37.3 Å². The number of aromatic nitrogens is 2. The zero-order valence-electron chi connectivity index (χ0n) is 13.7. The van der Waals surface area contributed by atoms with Crippen LogP contribution >= 0.6 is 23.2 Å². The highest BCUT2D eigenvalue weighted by atomic mass is 35.5. The number of nitrogens with one attached hydrogen (secondary N) is 2. The Labute approximate surface area is 160 Å². The molecule has 8 heteroatoms. The van der Waals surface area contributed by atoms with Crippen LogP contribution in [0.2, 0.25) is 10.0 Å². The first-order valence-corrected chi connectivity index (χ1v) is 8.57. The molecular weight excluding hydrogens is 375 g/mol. The average molecular weight is 389 g/mol. The van der Waals surface area contributed by atoms with E-state index >= 15 is 0 Å². The number of rotatable bonds is 4. The molecule has 2 heterocycles. The smallest absolute Gasteiger partial charge is 0.231 e. The molecule has 0 bridgehead atoms. The van der Waals surface area contributed by atoms with Gasteiger partial charge < -0.3 is 20.1 Å². The first kappa shape index (κ1) is 16.8. The molecule has 0 amide bonds. The molecule has 132 valence electrons. The van der Waals surface area contributed by atoms with Crippen LogP contribution in [0.5, 0.6) is 11.5 Å². The minimum absolute atomic E-state index is 0.232. The van der Waals surface area contributed by atoms with Crippen molar-refractivity contribution < 1.29 is 9.47 Å². The van der Waals surface area contributed by atoms with E-state index in [1.807, 2.05) is 31.2 Å². The molecule has 0 atom stereocenters. The number of nitrogens with zero attached hydrogens (tertiary/aromatic N) is 2. The summed E-state index contributed by atoms with van der Waals surface area (Å²) in [4.78, 5) is 8.90. The molecule has 0 saturated carbocycles. The van der Waals surface area contributed by atoms with Crippen molar-refractivity contribution in [1.29, 1.82) is 0 Å². The molecule has 1 aliphatic heterocycles. The third-order valence-electron chi connectivity index (χ3n) is 3.68. The van der Waals surface area contributed by atoms with Crippen molar-refractivity contribution in [1.82, 2.24) is 9.97 Å². The molecule has 2 aromatic carbocycles. The zero-order valence-corrected chi connectivity index (χ0v) is 15.2. The Morgan fingerprint density at radius 2 is 1.77 bits per heavy atom. The summed E-state index contributed by atoms with van der Waals surface area (Å²) >= 11 is 12.1. The fourth-order valence-electron chi connectivity index (χ4n) is 2.52. The summed E-state index contributed by atoms with van der Waals surface area (Å²) in [5, 5.41) is 7.44. The van der Waals surface area contributed by atoms with Crippen LogP contribution in [0, 0.1) is 6.92 Å². The predicted octanol–water partition coefficient (Wildman–Crippen LogP) is 5.31. The molecule has 2 N–H and O–H groups in total. The highest BCUT2D eigenvalue weighted by Gasteiger charge is 2.14. The van der Waals surface area contributed by atoms with Crippen molar-refractivity contribution in [3.05, 3.63) is 58.2 Å². The first-order valence-electron chi connectivity index (χ1n) is 7.81. The summed E-state index contributed by atoms with van der Waals surface area (Å²) in [6.07, 6.45) is 0. The first-order chi connectivity index (χ1) is 12.6. The van der Waals surface area contributed by atoms with Gasteiger partial charge in [0.1, 0.15) is 5.82 Å². The van der Waals surface area contributed by atoms with Gasteiger partial charge in [0.2, 0.25) is 12.7 Å². The third-order valence-corrected chi connectivity index (χ3v) is 4.22. The maximum Gasteiger partial charge on any atom is 0.231 e. The lowest BCUT2D eigenvalue weighted by atomic mass is 10.3. The van der Waals surface area contributed by atoms with Gasteiger partial charge in [0.05, 0.1) is 10.7 Å². The van der Waals surface area contributed by atoms with Crippen molar-refractivity contribution in [2.24, 2.45) is 0 Å². The Morgan fingerprint density at radius 3 is 2.62 bits per heavy atom. The average Bonchev–Trinajstić information content (AvgIpc) is 3.05. The van der Waals surface area contributed by atoms with Crippen LogP contribution in [0.1, 0.15) is 5.69 Å². The summed E-state index contributed by atoms with van der Waals surface area (Å²) in [6, 6.07) is 12.6. The van der Waals surface area contributed by atoms with Crippen LogP contribution in [-0.4, -0.2) is 16.8 Å². The molecule has 4 rings (SSSR count). The van der Waals surface area contributed by atoms with E-state index in [-0.39, 0.29) is 6.79 Å². The van der Waals surface area contributed by atoms with Crippen LogP contribution in [0.4, 0.5) is 23.1 Å². The zero-order chi connectivity index (χ0) is 18.1. The molecule has 6 nitrogen and oxygen atoms in total. The van der Waals surface area contributed by atoms with E-state index in [1.54, 1.807) is 18.2 Å². The SMILES string of the molecule is Cc1cc(Nc2ccc(Cl)cc2Cl)nc(Nc2ccc3c(c2)OCO3)n1. The third kappa shape index (κ3) is 3.61. The number of halogens is 2. The lowest BCUT2D eigenvalue weighted by Gasteiger charge is -2.11. The van der Waals surface area contributed by atoms with Crippen LogP contribution in [0.3, 0.4) is 0 Å². The number of fused-ring (bicyclic) bond motifs is 1. The van der Waals surface area contributed by atoms with Crippen LogP contribution < -0.4 is 20.1 Å². The van der Waals surface area contributed by atoms with Crippen molar-refractivity contribution in [3.63, 3.8) is 0 Å². The van der Waals surface area contributed by atoms with Gasteiger partial charge in [0.15, 0.2) is 11.5 Å². The van der Waals surface area contributed by atoms with Gasteiger partial charge in [-0.2, -0.15) is 4.98 Å². The molecule has 0 fully saturated rings. The molecule has 26 heavy (non-hydrogen) atoms. The van der Waals surface area contributed by atoms with Crippen molar-refractivity contribution >= 4 is 46.3 Å². The highest BCUT2D eigenvalue weighted by molar-refractivity contribution is 6.36. The second-order valence-electron chi connectivity index (χ2n) is 5.66. The number of hydrogen-bond acceptors (Lipinski definition) is 6. The summed E-state index contributed by atoms with van der Waals surface area (Å²) in [7, 11) is 0. The molecule has 0 spiro atoms. The minimum atomic E-state index is 0.232. The molecule has 3 aromatic rings. The van der Waals surface area contributed by atoms with Crippen molar-refractivity contribution in [2.45, 2.75) is 6.92 Å². The van der Waals surface area contributed by atoms with Crippen LogP contribution in [0.25, 0.3) is 0 Å². The quantitative estimate of drug-likeness (QED) is 0.631. The number of aryl methyl sites for hydroxylation is 1. The maximum atomic E-state index is 6.21. The minimum Gasteiger partial charge on any atom is -0.454 e. The normalized spacial score (nSPS) is 12.1. The van der Waals surface area contributed by atoms with Gasteiger partial charge in [-0.1, -0.05) is 23.2 Å².